The van der Waals surface area contributed by atoms with Crippen LogP contribution in [-0.2, 0) is 0 Å². The topological polar surface area (TPSA) is 53.2 Å². The van der Waals surface area contributed by atoms with E-state index in [1.165, 1.54) is 0 Å². The van der Waals surface area contributed by atoms with Gasteiger partial charge in [-0.15, -0.1) is 0 Å². The molecule has 3 aromatic rings. The van der Waals surface area contributed by atoms with E-state index < -0.39 is 15.9 Å². The first-order valence-electron chi connectivity index (χ1n) is 8.42. The molecule has 29 heavy (non-hydrogen) atoms. The molecule has 0 aliphatic heterocycles. The van der Waals surface area contributed by atoms with E-state index in [9.17, 15) is 4.79 Å². The van der Waals surface area contributed by atoms with E-state index in [-0.39, 0.29) is 5.11 Å². The molecule has 0 spiro atoms. The van der Waals surface area contributed by atoms with E-state index in [1.54, 1.807) is 12.1 Å². The lowest BCUT2D eigenvalue weighted by Crippen LogP contribution is -2.56. The van der Waals surface area contributed by atoms with Gasteiger partial charge in [-0.1, -0.05) is 71.2 Å². The van der Waals surface area contributed by atoms with Gasteiger partial charge in [0, 0.05) is 20.2 Å². The van der Waals surface area contributed by atoms with Gasteiger partial charge in [0.05, 0.1) is 0 Å². The van der Waals surface area contributed by atoms with Crippen LogP contribution in [0.2, 0.25) is 0 Å². The number of hydrogen-bond donors (Lipinski definition) is 3. The number of carbonyl (C=O) groups excluding carboxylic acids is 1. The molecule has 3 rings (SSSR count). The van der Waals surface area contributed by atoms with Crippen LogP contribution in [0.5, 0.6) is 0 Å². The Morgan fingerprint density at radius 3 is 2.28 bits per heavy atom. The average molecular weight is 579 g/mol. The van der Waals surface area contributed by atoms with Crippen LogP contribution in [-0.4, -0.2) is 21.0 Å². The van der Waals surface area contributed by atoms with Crippen LogP contribution in [0.4, 0.5) is 5.69 Å². The van der Waals surface area contributed by atoms with Gasteiger partial charge in [0.2, 0.25) is 3.79 Å². The fourth-order valence-corrected chi connectivity index (χ4v) is 3.55. The number of rotatable bonds is 4. The molecule has 0 bridgehead atoms. The zero-order valence-corrected chi connectivity index (χ0v) is 20.0. The smallest absolute Gasteiger partial charge is 0.252 e. The van der Waals surface area contributed by atoms with Gasteiger partial charge in [0.15, 0.2) is 5.11 Å². The fraction of sp³-hybridized carbons (Fsp3) is 0.100. The zero-order chi connectivity index (χ0) is 21.0. The first-order valence-corrected chi connectivity index (χ1v) is 11.0. The summed E-state index contributed by atoms with van der Waals surface area (Å²) in [5.74, 6) is -0.391. The van der Waals surface area contributed by atoms with E-state index in [1.807, 2.05) is 54.6 Å². The molecule has 0 saturated heterocycles. The van der Waals surface area contributed by atoms with Crippen LogP contribution in [0.25, 0.3) is 10.8 Å². The molecule has 0 aromatic heterocycles. The lowest BCUT2D eigenvalue weighted by Gasteiger charge is -2.28. The molecule has 4 nitrogen and oxygen atoms in total. The van der Waals surface area contributed by atoms with Gasteiger partial charge in [0.1, 0.15) is 6.17 Å². The Labute approximate surface area is 202 Å². The van der Waals surface area contributed by atoms with Crippen molar-refractivity contribution in [1.29, 1.82) is 0 Å². The molecule has 9 heteroatoms. The van der Waals surface area contributed by atoms with Crippen molar-refractivity contribution in [3.05, 3.63) is 75.9 Å². The molecule has 3 N–H and O–H groups in total. The predicted octanol–water partition coefficient (Wildman–Crippen LogP) is 5.86. The molecule has 0 fully saturated rings. The number of nitrogens with one attached hydrogen (secondary N) is 3. The minimum absolute atomic E-state index is 0.209. The molecular formula is C20H15Cl3IN3OS. The third-order valence-corrected chi connectivity index (χ3v) is 5.62. The van der Waals surface area contributed by atoms with Crippen molar-refractivity contribution in [1.82, 2.24) is 10.6 Å². The van der Waals surface area contributed by atoms with Gasteiger partial charge >= 0.3 is 0 Å². The van der Waals surface area contributed by atoms with Gasteiger partial charge < -0.3 is 16.0 Å². The summed E-state index contributed by atoms with van der Waals surface area (Å²) >= 11 is 25.7. The Kier molecular flexibility index (Phi) is 7.45. The maximum atomic E-state index is 12.5. The summed E-state index contributed by atoms with van der Waals surface area (Å²) in [6.07, 6.45) is -1.05. The summed E-state index contributed by atoms with van der Waals surface area (Å²) in [5, 5.41) is 10.9. The largest absolute Gasteiger partial charge is 0.339 e. The summed E-state index contributed by atoms with van der Waals surface area (Å²) in [6, 6.07) is 20.7. The first-order chi connectivity index (χ1) is 13.7. The molecule has 3 aromatic carbocycles. The number of hydrogen-bond acceptors (Lipinski definition) is 2. The minimum atomic E-state index is -1.83. The molecule has 150 valence electrons. The number of halogens is 4. The van der Waals surface area contributed by atoms with Crippen LogP contribution in [0.1, 0.15) is 10.4 Å². The third kappa shape index (κ3) is 6.08. The van der Waals surface area contributed by atoms with Crippen LogP contribution in [0.3, 0.4) is 0 Å². The predicted molar refractivity (Wildman–Crippen MR) is 134 cm³/mol. The number of amides is 1. The zero-order valence-electron chi connectivity index (χ0n) is 14.8. The molecule has 1 amide bonds. The van der Waals surface area contributed by atoms with Gasteiger partial charge in [0.25, 0.3) is 5.91 Å². The monoisotopic (exact) mass is 577 g/mol. The lowest BCUT2D eigenvalue weighted by atomic mass is 10.1. The Balaban J connectivity index is 1.73. The minimum Gasteiger partial charge on any atom is -0.339 e. The Hall–Kier alpha value is -1.32. The van der Waals surface area contributed by atoms with Crippen molar-refractivity contribution in [2.75, 3.05) is 5.32 Å². The van der Waals surface area contributed by atoms with Crippen LogP contribution < -0.4 is 16.0 Å². The average Bonchev–Trinajstić information content (AvgIpc) is 2.67. The standard InChI is InChI=1S/C20H15Cl3IN3OS/c21-20(22,23)18(26-17(28)13-8-10-14(24)11-9-13)27-19(29)25-16-7-3-5-12-4-1-2-6-15(12)16/h1-11,18H,(H,26,28)(H2,25,27,29)/t18-/m1/s1. The maximum absolute atomic E-state index is 12.5. The summed E-state index contributed by atoms with van der Waals surface area (Å²) in [4.78, 5) is 12.5. The number of benzene rings is 3. The van der Waals surface area contributed by atoms with E-state index in [2.05, 4.69) is 38.5 Å². The summed E-state index contributed by atoms with van der Waals surface area (Å²) in [5.41, 5.74) is 1.24. The fourth-order valence-electron chi connectivity index (χ4n) is 2.64. The Morgan fingerprint density at radius 1 is 0.931 bits per heavy atom. The van der Waals surface area contributed by atoms with Crippen molar-refractivity contribution in [3.63, 3.8) is 0 Å². The molecule has 0 radical (unpaired) electrons. The number of carbonyl (C=O) groups is 1. The van der Waals surface area contributed by atoms with Crippen LogP contribution in [0.15, 0.2) is 66.7 Å². The Morgan fingerprint density at radius 2 is 1.59 bits per heavy atom. The SMILES string of the molecule is O=C(N[C@H](NC(=S)Nc1cccc2ccccc12)C(Cl)(Cl)Cl)c1ccc(I)cc1. The maximum Gasteiger partial charge on any atom is 0.252 e. The van der Waals surface area contributed by atoms with Crippen molar-refractivity contribution in [3.8, 4) is 0 Å². The molecule has 0 unspecified atom stereocenters. The number of alkyl halides is 3. The highest BCUT2D eigenvalue weighted by molar-refractivity contribution is 14.1. The van der Waals surface area contributed by atoms with Crippen LogP contribution in [0, 0.1) is 3.57 Å². The number of fused-ring (bicyclic) bond motifs is 1. The van der Waals surface area contributed by atoms with Crippen molar-refractivity contribution in [2.45, 2.75) is 9.96 Å². The summed E-state index contributed by atoms with van der Waals surface area (Å²) in [6.45, 7) is 0. The highest BCUT2D eigenvalue weighted by atomic mass is 127. The third-order valence-electron chi connectivity index (χ3n) is 4.02. The van der Waals surface area contributed by atoms with Gasteiger partial charge in [-0.2, -0.15) is 0 Å². The van der Waals surface area contributed by atoms with Crippen molar-refractivity contribution < 1.29 is 4.79 Å². The molecule has 0 aliphatic rings. The van der Waals surface area contributed by atoms with Gasteiger partial charge in [-0.25, -0.2) is 0 Å². The second-order valence-corrected chi connectivity index (χ2v) is 10.1. The summed E-state index contributed by atoms with van der Waals surface area (Å²) in [7, 11) is 0. The highest BCUT2D eigenvalue weighted by Gasteiger charge is 2.35. The van der Waals surface area contributed by atoms with E-state index in [4.69, 9.17) is 47.0 Å². The molecule has 0 heterocycles. The lowest BCUT2D eigenvalue weighted by molar-refractivity contribution is 0.0934. The molecule has 0 aliphatic carbocycles. The van der Waals surface area contributed by atoms with Crippen LogP contribution >= 0.6 is 69.6 Å². The van der Waals surface area contributed by atoms with E-state index in [0.29, 0.717) is 5.56 Å². The summed E-state index contributed by atoms with van der Waals surface area (Å²) < 4.78 is -0.820. The second-order valence-electron chi connectivity index (χ2n) is 6.08. The number of anilines is 1. The molecule has 1 atom stereocenters. The molecular weight excluding hydrogens is 564 g/mol. The van der Waals surface area contributed by atoms with Gasteiger partial charge in [-0.3, -0.25) is 4.79 Å². The highest BCUT2D eigenvalue weighted by Crippen LogP contribution is 2.29. The quantitative estimate of drug-likeness (QED) is 0.157. The second kappa shape index (κ2) is 9.66. The van der Waals surface area contributed by atoms with Crippen molar-refractivity contribution in [2.24, 2.45) is 0 Å². The van der Waals surface area contributed by atoms with E-state index in [0.717, 1.165) is 20.0 Å². The first kappa shape index (κ1) is 22.4. The number of thiocarbonyl (C=S) groups is 1. The normalized spacial score (nSPS) is 12.3. The Bertz CT molecular complexity index is 1040. The van der Waals surface area contributed by atoms with Gasteiger partial charge in [-0.05, 0) is 70.5 Å². The molecule has 0 saturated carbocycles. The van der Waals surface area contributed by atoms with Crippen molar-refractivity contribution >= 4 is 97.1 Å². The van der Waals surface area contributed by atoms with E-state index >= 15 is 0 Å².